The van der Waals surface area contributed by atoms with Crippen molar-refractivity contribution in [2.75, 3.05) is 26.2 Å². The molecule has 0 aromatic heterocycles. The second-order valence-electron chi connectivity index (χ2n) is 7.86. The summed E-state index contributed by atoms with van der Waals surface area (Å²) in [5.74, 6) is 0. The highest BCUT2D eigenvalue weighted by Crippen LogP contribution is 2.39. The number of hydrogen-bond acceptors (Lipinski definition) is 2. The minimum absolute atomic E-state index is 0.573. The van der Waals surface area contributed by atoms with Gasteiger partial charge in [-0.05, 0) is 37.2 Å². The molecule has 2 fully saturated rings. The summed E-state index contributed by atoms with van der Waals surface area (Å²) in [6, 6.07) is 9.80. The number of piperazine rings is 1. The van der Waals surface area contributed by atoms with E-state index in [2.05, 4.69) is 54.8 Å². The van der Waals surface area contributed by atoms with E-state index in [4.69, 9.17) is 0 Å². The van der Waals surface area contributed by atoms with Gasteiger partial charge in [0.25, 0.3) is 0 Å². The molecule has 1 aliphatic carbocycles. The molecule has 2 heteroatoms. The highest BCUT2D eigenvalue weighted by Gasteiger charge is 2.35. The first-order valence-corrected chi connectivity index (χ1v) is 8.54. The van der Waals surface area contributed by atoms with Crippen molar-refractivity contribution in [1.29, 1.82) is 0 Å². The van der Waals surface area contributed by atoms with Gasteiger partial charge in [0.2, 0.25) is 0 Å². The summed E-state index contributed by atoms with van der Waals surface area (Å²) in [5.41, 5.74) is 3.41. The van der Waals surface area contributed by atoms with Crippen LogP contribution in [0.3, 0.4) is 0 Å². The molecule has 1 aromatic rings. The number of aryl methyl sites for hydroxylation is 1. The second-order valence-corrected chi connectivity index (χ2v) is 7.86. The van der Waals surface area contributed by atoms with Gasteiger partial charge in [-0.3, -0.25) is 9.80 Å². The Balaban J connectivity index is 1.49. The van der Waals surface area contributed by atoms with Gasteiger partial charge in [-0.1, -0.05) is 43.7 Å². The maximum atomic E-state index is 2.75. The number of rotatable bonds is 3. The predicted molar refractivity (Wildman–Crippen MR) is 89.4 cm³/mol. The third-order valence-corrected chi connectivity index (χ3v) is 5.35. The lowest BCUT2D eigenvalue weighted by Crippen LogP contribution is -2.49. The number of nitrogens with zero attached hydrogens (tertiary/aromatic N) is 2. The molecule has 116 valence electrons. The molecular formula is C19H30N2. The molecule has 0 amide bonds. The molecule has 1 heterocycles. The van der Waals surface area contributed by atoms with Crippen molar-refractivity contribution in [1.82, 2.24) is 9.80 Å². The Kier molecular flexibility index (Phi) is 4.37. The van der Waals surface area contributed by atoms with Gasteiger partial charge in [0.05, 0.1) is 0 Å². The topological polar surface area (TPSA) is 6.48 Å². The van der Waals surface area contributed by atoms with E-state index in [1.54, 1.807) is 0 Å². The van der Waals surface area contributed by atoms with Crippen LogP contribution in [0.2, 0.25) is 0 Å². The normalized spacial score (nSPS) is 27.1. The van der Waals surface area contributed by atoms with Crippen LogP contribution in [0.1, 0.15) is 44.2 Å². The zero-order valence-electron chi connectivity index (χ0n) is 13.9. The van der Waals surface area contributed by atoms with Crippen LogP contribution in [0.15, 0.2) is 24.3 Å². The third-order valence-electron chi connectivity index (χ3n) is 5.35. The van der Waals surface area contributed by atoms with Crippen LogP contribution in [0.4, 0.5) is 0 Å². The molecule has 0 bridgehead atoms. The molecule has 1 atom stereocenters. The van der Waals surface area contributed by atoms with Crippen molar-refractivity contribution in [3.63, 3.8) is 0 Å². The zero-order valence-corrected chi connectivity index (χ0v) is 13.9. The van der Waals surface area contributed by atoms with Gasteiger partial charge in [-0.2, -0.15) is 0 Å². The van der Waals surface area contributed by atoms with Gasteiger partial charge in [0.15, 0.2) is 0 Å². The first-order valence-electron chi connectivity index (χ1n) is 8.54. The molecule has 3 rings (SSSR count). The van der Waals surface area contributed by atoms with Gasteiger partial charge in [0, 0.05) is 38.8 Å². The highest BCUT2D eigenvalue weighted by molar-refractivity contribution is 5.22. The fourth-order valence-electron chi connectivity index (χ4n) is 4.07. The van der Waals surface area contributed by atoms with Crippen LogP contribution in [0.5, 0.6) is 0 Å². The molecule has 0 spiro atoms. The summed E-state index contributed by atoms with van der Waals surface area (Å²) in [4.78, 5) is 5.37. The van der Waals surface area contributed by atoms with Crippen LogP contribution in [0, 0.1) is 12.3 Å². The maximum Gasteiger partial charge on any atom is 0.0234 e. The Morgan fingerprint density at radius 1 is 1.14 bits per heavy atom. The minimum atomic E-state index is 0.573. The SMILES string of the molecule is Cc1cccc(CN2CCN(C3CCC(C)(C)C3)CC2)c1. The summed E-state index contributed by atoms with van der Waals surface area (Å²) in [6.07, 6.45) is 4.21. The van der Waals surface area contributed by atoms with E-state index in [0.29, 0.717) is 5.41 Å². The van der Waals surface area contributed by atoms with Gasteiger partial charge in [0.1, 0.15) is 0 Å². The summed E-state index contributed by atoms with van der Waals surface area (Å²) >= 11 is 0. The summed E-state index contributed by atoms with van der Waals surface area (Å²) in [7, 11) is 0. The Morgan fingerprint density at radius 2 is 1.90 bits per heavy atom. The van der Waals surface area contributed by atoms with Gasteiger partial charge in [-0.25, -0.2) is 0 Å². The molecule has 1 saturated heterocycles. The molecule has 1 unspecified atom stereocenters. The summed E-state index contributed by atoms with van der Waals surface area (Å²) in [5, 5.41) is 0. The number of benzene rings is 1. The fraction of sp³-hybridized carbons (Fsp3) is 0.684. The van der Waals surface area contributed by atoms with Crippen LogP contribution in [0.25, 0.3) is 0 Å². The quantitative estimate of drug-likeness (QED) is 0.836. The van der Waals surface area contributed by atoms with Gasteiger partial charge in [-0.15, -0.1) is 0 Å². The smallest absolute Gasteiger partial charge is 0.0234 e. The van der Waals surface area contributed by atoms with E-state index in [9.17, 15) is 0 Å². The van der Waals surface area contributed by atoms with Crippen molar-refractivity contribution in [2.24, 2.45) is 5.41 Å². The van der Waals surface area contributed by atoms with Crippen LogP contribution in [-0.2, 0) is 6.54 Å². The zero-order chi connectivity index (χ0) is 14.9. The Labute approximate surface area is 130 Å². The van der Waals surface area contributed by atoms with E-state index in [1.807, 2.05) is 0 Å². The molecule has 2 nitrogen and oxygen atoms in total. The lowest BCUT2D eigenvalue weighted by atomic mass is 9.91. The molecule has 0 radical (unpaired) electrons. The van der Waals surface area contributed by atoms with E-state index >= 15 is 0 Å². The average molecular weight is 286 g/mol. The number of hydrogen-bond donors (Lipinski definition) is 0. The van der Waals surface area contributed by atoms with E-state index < -0.39 is 0 Å². The lowest BCUT2D eigenvalue weighted by Gasteiger charge is -2.38. The Hall–Kier alpha value is -0.860. The van der Waals surface area contributed by atoms with Crippen molar-refractivity contribution in [2.45, 2.75) is 52.6 Å². The average Bonchev–Trinajstić information content (AvgIpc) is 2.80. The standard InChI is InChI=1S/C19H30N2/c1-16-5-4-6-17(13-16)15-20-9-11-21(12-10-20)18-7-8-19(2,3)14-18/h4-6,13,18H,7-12,14-15H2,1-3H3. The molecule has 2 aliphatic rings. The molecule has 21 heavy (non-hydrogen) atoms. The first-order chi connectivity index (χ1) is 10.0. The lowest BCUT2D eigenvalue weighted by molar-refractivity contribution is 0.0896. The predicted octanol–water partition coefficient (Wildman–Crippen LogP) is 3.69. The minimum Gasteiger partial charge on any atom is -0.298 e. The molecule has 1 aromatic carbocycles. The molecular weight excluding hydrogens is 256 g/mol. The van der Waals surface area contributed by atoms with E-state index in [0.717, 1.165) is 12.6 Å². The van der Waals surface area contributed by atoms with Crippen molar-refractivity contribution >= 4 is 0 Å². The van der Waals surface area contributed by atoms with Crippen LogP contribution < -0.4 is 0 Å². The van der Waals surface area contributed by atoms with Crippen molar-refractivity contribution in [3.8, 4) is 0 Å². The van der Waals surface area contributed by atoms with E-state index in [-0.39, 0.29) is 0 Å². The Morgan fingerprint density at radius 3 is 2.52 bits per heavy atom. The largest absolute Gasteiger partial charge is 0.298 e. The van der Waals surface area contributed by atoms with E-state index in [1.165, 1.54) is 56.6 Å². The van der Waals surface area contributed by atoms with Gasteiger partial charge < -0.3 is 0 Å². The van der Waals surface area contributed by atoms with Gasteiger partial charge >= 0.3 is 0 Å². The third kappa shape index (κ3) is 3.87. The fourth-order valence-corrected chi connectivity index (χ4v) is 4.07. The Bertz CT molecular complexity index is 472. The van der Waals surface area contributed by atoms with Crippen molar-refractivity contribution < 1.29 is 0 Å². The first kappa shape index (κ1) is 15.1. The van der Waals surface area contributed by atoms with Crippen molar-refractivity contribution in [3.05, 3.63) is 35.4 Å². The molecule has 1 aliphatic heterocycles. The second kappa shape index (κ2) is 6.10. The molecule has 0 N–H and O–H groups in total. The highest BCUT2D eigenvalue weighted by atomic mass is 15.3. The summed E-state index contributed by atoms with van der Waals surface area (Å²) in [6.45, 7) is 13.1. The van der Waals surface area contributed by atoms with Crippen LogP contribution in [-0.4, -0.2) is 42.0 Å². The summed E-state index contributed by atoms with van der Waals surface area (Å²) < 4.78 is 0. The maximum absolute atomic E-state index is 2.75. The van der Waals surface area contributed by atoms with Crippen LogP contribution >= 0.6 is 0 Å². The monoisotopic (exact) mass is 286 g/mol. The molecule has 1 saturated carbocycles.